The van der Waals surface area contributed by atoms with Gasteiger partial charge in [0, 0.05) is 13.0 Å². The third-order valence-electron chi connectivity index (χ3n) is 3.60. The Bertz CT molecular complexity index is 467. The van der Waals surface area contributed by atoms with Gasteiger partial charge in [0.05, 0.1) is 12.5 Å². The molecule has 1 aliphatic rings. The van der Waals surface area contributed by atoms with Gasteiger partial charge in [-0.15, -0.1) is 0 Å². The second-order valence-electron chi connectivity index (χ2n) is 4.91. The molecule has 0 saturated carbocycles. The van der Waals surface area contributed by atoms with Gasteiger partial charge in [0.15, 0.2) is 0 Å². The second-order valence-corrected chi connectivity index (χ2v) is 4.91. The lowest BCUT2D eigenvalue weighted by atomic mass is 10.0. The van der Waals surface area contributed by atoms with Crippen LogP contribution in [-0.2, 0) is 16.0 Å². The van der Waals surface area contributed by atoms with Gasteiger partial charge >= 0.3 is 5.97 Å². The van der Waals surface area contributed by atoms with E-state index in [9.17, 15) is 9.59 Å². The summed E-state index contributed by atoms with van der Waals surface area (Å²) in [6.07, 6.45) is 2.60. The first-order valence-electron chi connectivity index (χ1n) is 6.72. The molecule has 1 unspecified atom stereocenters. The third-order valence-corrected chi connectivity index (χ3v) is 3.60. The van der Waals surface area contributed by atoms with Crippen LogP contribution in [0.3, 0.4) is 0 Å². The Morgan fingerprint density at radius 3 is 2.58 bits per heavy atom. The highest BCUT2D eigenvalue weighted by atomic mass is 16.4. The lowest BCUT2D eigenvalue weighted by Crippen LogP contribution is -2.29. The number of benzene rings is 1. The largest absolute Gasteiger partial charge is 0.481 e. The van der Waals surface area contributed by atoms with E-state index >= 15 is 0 Å². The molecular formula is C15H19NO3. The van der Waals surface area contributed by atoms with E-state index in [4.69, 9.17) is 5.11 Å². The van der Waals surface area contributed by atoms with E-state index in [-0.39, 0.29) is 18.4 Å². The molecule has 0 bridgehead atoms. The molecule has 1 aromatic rings. The molecule has 1 heterocycles. The van der Waals surface area contributed by atoms with Crippen LogP contribution < -0.4 is 0 Å². The normalized spacial score (nSPS) is 18.6. The number of likely N-dealkylation sites (tertiary alicyclic amines) is 1. The Morgan fingerprint density at radius 1 is 1.32 bits per heavy atom. The van der Waals surface area contributed by atoms with Crippen molar-refractivity contribution in [2.24, 2.45) is 0 Å². The minimum atomic E-state index is -0.823. The summed E-state index contributed by atoms with van der Waals surface area (Å²) in [5, 5.41) is 8.74. The number of hydrogen-bond donors (Lipinski definition) is 1. The van der Waals surface area contributed by atoms with E-state index in [0.29, 0.717) is 6.42 Å². The number of rotatable bonds is 4. The van der Waals surface area contributed by atoms with Gasteiger partial charge < -0.3 is 10.0 Å². The molecule has 19 heavy (non-hydrogen) atoms. The fourth-order valence-corrected chi connectivity index (χ4v) is 2.65. The van der Waals surface area contributed by atoms with Gasteiger partial charge in [-0.3, -0.25) is 9.59 Å². The van der Waals surface area contributed by atoms with Crippen molar-refractivity contribution in [1.29, 1.82) is 0 Å². The van der Waals surface area contributed by atoms with Crippen LogP contribution in [0.1, 0.15) is 43.4 Å². The highest BCUT2D eigenvalue weighted by Gasteiger charge is 2.28. The minimum absolute atomic E-state index is 0.0442. The molecule has 0 radical (unpaired) electrons. The molecule has 1 fully saturated rings. The van der Waals surface area contributed by atoms with Crippen LogP contribution in [0, 0.1) is 0 Å². The fraction of sp³-hybridized carbons (Fsp3) is 0.467. The third kappa shape index (κ3) is 3.13. The van der Waals surface area contributed by atoms with Crippen LogP contribution in [0.5, 0.6) is 0 Å². The molecule has 1 aliphatic heterocycles. The van der Waals surface area contributed by atoms with E-state index in [1.165, 1.54) is 0 Å². The Hall–Kier alpha value is -1.84. The molecular weight excluding hydrogens is 242 g/mol. The summed E-state index contributed by atoms with van der Waals surface area (Å²) in [7, 11) is 0. The lowest BCUT2D eigenvalue weighted by Gasteiger charge is -2.24. The van der Waals surface area contributed by atoms with Crippen LogP contribution in [-0.4, -0.2) is 28.4 Å². The number of aliphatic carboxylic acids is 1. The zero-order valence-electron chi connectivity index (χ0n) is 11.1. The highest BCUT2D eigenvalue weighted by molar-refractivity contribution is 5.76. The lowest BCUT2D eigenvalue weighted by molar-refractivity contribution is -0.136. The Labute approximate surface area is 113 Å². The Kier molecular flexibility index (Phi) is 4.20. The number of nitrogens with zero attached hydrogens (tertiary/aromatic N) is 1. The van der Waals surface area contributed by atoms with Gasteiger partial charge in [-0.1, -0.05) is 31.2 Å². The summed E-state index contributed by atoms with van der Waals surface area (Å²) in [5.41, 5.74) is 1.90. The van der Waals surface area contributed by atoms with Gasteiger partial charge in [-0.05, 0) is 24.0 Å². The first kappa shape index (κ1) is 13.6. The molecule has 4 heteroatoms. The maximum atomic E-state index is 11.9. The average Bonchev–Trinajstić information content (AvgIpc) is 2.87. The molecule has 1 N–H and O–H groups in total. The highest BCUT2D eigenvalue weighted by Crippen LogP contribution is 2.32. The number of carbonyl (C=O) groups excluding carboxylic acids is 1. The smallest absolute Gasteiger partial charge is 0.307 e. The minimum Gasteiger partial charge on any atom is -0.481 e. The maximum Gasteiger partial charge on any atom is 0.307 e. The van der Waals surface area contributed by atoms with Crippen LogP contribution in [0.15, 0.2) is 24.3 Å². The molecule has 0 spiro atoms. The monoisotopic (exact) mass is 261 g/mol. The van der Waals surface area contributed by atoms with Gasteiger partial charge in [0.1, 0.15) is 0 Å². The fourth-order valence-electron chi connectivity index (χ4n) is 2.65. The zero-order valence-corrected chi connectivity index (χ0v) is 11.1. The van der Waals surface area contributed by atoms with Crippen molar-refractivity contribution in [1.82, 2.24) is 4.90 Å². The molecule has 0 aliphatic carbocycles. The standard InChI is InChI=1S/C15H19NO3/c1-2-14(17)16-9-3-4-13(16)12-7-5-11(6-8-12)10-15(18)19/h5-8,13H,2-4,9-10H2,1H3,(H,18,19). The molecule has 4 nitrogen and oxygen atoms in total. The van der Waals surface area contributed by atoms with Crippen molar-refractivity contribution in [3.63, 3.8) is 0 Å². The van der Waals surface area contributed by atoms with Crippen molar-refractivity contribution < 1.29 is 14.7 Å². The molecule has 0 aromatic heterocycles. The van der Waals surface area contributed by atoms with E-state index < -0.39 is 5.97 Å². The summed E-state index contributed by atoms with van der Waals surface area (Å²) in [6, 6.07) is 7.74. The number of carboxylic acid groups (broad SMARTS) is 1. The molecule has 102 valence electrons. The van der Waals surface area contributed by atoms with E-state index in [0.717, 1.165) is 30.5 Å². The van der Waals surface area contributed by atoms with Crippen molar-refractivity contribution >= 4 is 11.9 Å². The maximum absolute atomic E-state index is 11.9. The van der Waals surface area contributed by atoms with Gasteiger partial charge in [0.25, 0.3) is 0 Å². The van der Waals surface area contributed by atoms with Crippen molar-refractivity contribution in [3.8, 4) is 0 Å². The predicted octanol–water partition coefficient (Wildman–Crippen LogP) is 2.39. The van der Waals surface area contributed by atoms with E-state index in [1.54, 1.807) is 0 Å². The Morgan fingerprint density at radius 2 is 2.00 bits per heavy atom. The zero-order chi connectivity index (χ0) is 13.8. The van der Waals surface area contributed by atoms with Crippen LogP contribution >= 0.6 is 0 Å². The summed E-state index contributed by atoms with van der Waals surface area (Å²) >= 11 is 0. The summed E-state index contributed by atoms with van der Waals surface area (Å²) in [5.74, 6) is -0.631. The predicted molar refractivity (Wildman–Crippen MR) is 71.8 cm³/mol. The van der Waals surface area contributed by atoms with Crippen molar-refractivity contribution in [2.75, 3.05) is 6.54 Å². The van der Waals surface area contributed by atoms with Gasteiger partial charge in [-0.25, -0.2) is 0 Å². The van der Waals surface area contributed by atoms with Crippen LogP contribution in [0.2, 0.25) is 0 Å². The van der Waals surface area contributed by atoms with Crippen LogP contribution in [0.25, 0.3) is 0 Å². The SMILES string of the molecule is CCC(=O)N1CCCC1c1ccc(CC(=O)O)cc1. The number of amides is 1. The topological polar surface area (TPSA) is 57.6 Å². The van der Waals surface area contributed by atoms with Crippen molar-refractivity contribution in [2.45, 2.75) is 38.6 Å². The summed E-state index contributed by atoms with van der Waals surface area (Å²) < 4.78 is 0. The molecule has 1 saturated heterocycles. The van der Waals surface area contributed by atoms with Gasteiger partial charge in [0.2, 0.25) is 5.91 Å². The summed E-state index contributed by atoms with van der Waals surface area (Å²) in [6.45, 7) is 2.71. The molecule has 1 amide bonds. The molecule has 1 aromatic carbocycles. The Balaban J connectivity index is 2.12. The molecule has 2 rings (SSSR count). The summed E-state index contributed by atoms with van der Waals surface area (Å²) in [4.78, 5) is 24.4. The first-order chi connectivity index (χ1) is 9.11. The molecule has 1 atom stereocenters. The first-order valence-corrected chi connectivity index (χ1v) is 6.72. The van der Waals surface area contributed by atoms with E-state index in [2.05, 4.69) is 0 Å². The van der Waals surface area contributed by atoms with Crippen LogP contribution in [0.4, 0.5) is 0 Å². The number of carbonyl (C=O) groups is 2. The number of carboxylic acids is 1. The average molecular weight is 261 g/mol. The number of hydrogen-bond acceptors (Lipinski definition) is 2. The van der Waals surface area contributed by atoms with E-state index in [1.807, 2.05) is 36.1 Å². The van der Waals surface area contributed by atoms with Crippen molar-refractivity contribution in [3.05, 3.63) is 35.4 Å². The van der Waals surface area contributed by atoms with Gasteiger partial charge in [-0.2, -0.15) is 0 Å². The quantitative estimate of drug-likeness (QED) is 0.905. The second kappa shape index (κ2) is 5.87.